The van der Waals surface area contributed by atoms with Crippen LogP contribution < -0.4 is 10.6 Å². The van der Waals surface area contributed by atoms with Crippen LogP contribution in [0.4, 0.5) is 8.78 Å². The maximum Gasteiger partial charge on any atom is 0.240 e. The van der Waals surface area contributed by atoms with Crippen LogP contribution in [0.1, 0.15) is 5.56 Å². The Bertz CT molecular complexity index is 556. The number of amides is 1. The molecule has 2 rings (SSSR count). The molecule has 0 bridgehead atoms. The molecule has 0 aliphatic carbocycles. The lowest BCUT2D eigenvalue weighted by atomic mass is 10.1. The van der Waals surface area contributed by atoms with Crippen LogP contribution in [0.2, 0.25) is 5.02 Å². The highest BCUT2D eigenvalue weighted by Crippen LogP contribution is 2.19. The first-order valence-electron chi connectivity index (χ1n) is 6.85. The van der Waals surface area contributed by atoms with Gasteiger partial charge in [0.1, 0.15) is 24.1 Å². The largest absolute Gasteiger partial charge is 0.369 e. The molecule has 7 heteroatoms. The van der Waals surface area contributed by atoms with Gasteiger partial charge in [-0.2, -0.15) is 0 Å². The zero-order valence-electron chi connectivity index (χ0n) is 11.8. The van der Waals surface area contributed by atoms with Crippen molar-refractivity contribution in [3.8, 4) is 0 Å². The van der Waals surface area contributed by atoms with E-state index in [9.17, 15) is 13.6 Å². The Morgan fingerprint density at radius 3 is 3.09 bits per heavy atom. The highest BCUT2D eigenvalue weighted by atomic mass is 35.5. The summed E-state index contributed by atoms with van der Waals surface area (Å²) in [6.07, 6.45) is -0.678. The Labute approximate surface area is 132 Å². The summed E-state index contributed by atoms with van der Waals surface area (Å²) in [5, 5.41) is 5.31. The minimum Gasteiger partial charge on any atom is -0.369 e. The van der Waals surface area contributed by atoms with Gasteiger partial charge in [-0.25, -0.2) is 8.78 Å². The number of carbonyl (C=O) groups excluding carboxylic acids is 1. The molecule has 120 valence electrons. The number of alkyl halides is 1. The molecule has 1 saturated heterocycles. The molecule has 0 unspecified atom stereocenters. The Balaban J connectivity index is 1.96. The molecule has 4 nitrogen and oxygen atoms in total. The first-order valence-corrected chi connectivity index (χ1v) is 7.23. The van der Waals surface area contributed by atoms with Crippen molar-refractivity contribution in [3.63, 3.8) is 0 Å². The number of rotatable bonds is 6. The fourth-order valence-electron chi connectivity index (χ4n) is 2.28. The summed E-state index contributed by atoms with van der Waals surface area (Å²) in [5.74, 6) is -1.03. The van der Waals surface area contributed by atoms with Gasteiger partial charge in [0, 0.05) is 18.7 Å². The number of hydrogen-bond acceptors (Lipinski definition) is 3. The molecule has 0 spiro atoms. The van der Waals surface area contributed by atoms with Gasteiger partial charge in [0.15, 0.2) is 0 Å². The minimum atomic E-state index is -1.28. The molecule has 2 N–H and O–H groups in total. The summed E-state index contributed by atoms with van der Waals surface area (Å²) < 4.78 is 32.7. The second-order valence-corrected chi connectivity index (χ2v) is 5.33. The van der Waals surface area contributed by atoms with E-state index in [1.54, 1.807) is 6.07 Å². The molecule has 1 aromatic carbocycles. The van der Waals surface area contributed by atoms with E-state index in [0.717, 1.165) is 0 Å². The molecular weight excluding hydrogens is 314 g/mol. The van der Waals surface area contributed by atoms with Gasteiger partial charge < -0.3 is 15.4 Å². The zero-order valence-corrected chi connectivity index (χ0v) is 12.6. The van der Waals surface area contributed by atoms with E-state index in [0.29, 0.717) is 0 Å². The maximum absolute atomic E-state index is 13.7. The van der Waals surface area contributed by atoms with Crippen LogP contribution in [0.15, 0.2) is 30.9 Å². The topological polar surface area (TPSA) is 50.4 Å². The molecule has 0 radical (unpaired) electrons. The van der Waals surface area contributed by atoms with Gasteiger partial charge >= 0.3 is 0 Å². The van der Waals surface area contributed by atoms with Gasteiger partial charge in [-0.3, -0.25) is 4.79 Å². The summed E-state index contributed by atoms with van der Waals surface area (Å²) >= 11 is 5.68. The fraction of sp³-hybridized carbons (Fsp3) is 0.400. The molecule has 0 saturated carbocycles. The van der Waals surface area contributed by atoms with Crippen molar-refractivity contribution in [1.82, 2.24) is 10.6 Å². The maximum atomic E-state index is 13.7. The Kier molecular flexibility index (Phi) is 5.88. The Morgan fingerprint density at radius 2 is 2.36 bits per heavy atom. The smallest absolute Gasteiger partial charge is 0.240 e. The van der Waals surface area contributed by atoms with Crippen molar-refractivity contribution in [2.45, 2.75) is 24.9 Å². The van der Waals surface area contributed by atoms with Crippen LogP contribution in [0.5, 0.6) is 0 Å². The number of carbonyl (C=O) groups is 1. The normalized spacial score (nSPS) is 24.2. The van der Waals surface area contributed by atoms with E-state index >= 15 is 0 Å². The van der Waals surface area contributed by atoms with Crippen LogP contribution in [0.25, 0.3) is 0 Å². The van der Waals surface area contributed by atoms with Crippen molar-refractivity contribution < 1.29 is 18.3 Å². The van der Waals surface area contributed by atoms with Crippen LogP contribution in [0, 0.1) is 5.82 Å². The lowest BCUT2D eigenvalue weighted by molar-refractivity contribution is -0.126. The van der Waals surface area contributed by atoms with E-state index in [4.69, 9.17) is 16.3 Å². The number of benzene rings is 1. The minimum absolute atomic E-state index is 0.0123. The van der Waals surface area contributed by atoms with Crippen molar-refractivity contribution in [3.05, 3.63) is 47.3 Å². The van der Waals surface area contributed by atoms with Crippen molar-refractivity contribution in [2.24, 2.45) is 0 Å². The van der Waals surface area contributed by atoms with Crippen LogP contribution in [-0.4, -0.2) is 37.4 Å². The standard InChI is InChI=1S/C15H17ClF2N2O2/c1-2-6-22-14-11(17)8-19-13(14)15(21)20-7-9-4-3-5-10(16)12(9)18/h2-5,11,13-14,19H,1,6-8H2,(H,20,21)/t11-,13-,14+/m0/s1. The summed E-state index contributed by atoms with van der Waals surface area (Å²) in [5.41, 5.74) is 0.263. The van der Waals surface area contributed by atoms with Crippen molar-refractivity contribution >= 4 is 17.5 Å². The molecule has 1 aromatic rings. The number of hydrogen-bond donors (Lipinski definition) is 2. The Morgan fingerprint density at radius 1 is 1.59 bits per heavy atom. The molecule has 1 aliphatic rings. The highest BCUT2D eigenvalue weighted by Gasteiger charge is 2.41. The third kappa shape index (κ3) is 3.82. The number of nitrogens with one attached hydrogen (secondary N) is 2. The first-order chi connectivity index (χ1) is 10.5. The molecule has 3 atom stereocenters. The van der Waals surface area contributed by atoms with E-state index in [1.165, 1.54) is 18.2 Å². The quantitative estimate of drug-likeness (QED) is 0.784. The van der Waals surface area contributed by atoms with Gasteiger partial charge in [-0.15, -0.1) is 6.58 Å². The highest BCUT2D eigenvalue weighted by molar-refractivity contribution is 6.30. The number of halogens is 3. The SMILES string of the molecule is C=CCO[C@H]1[C@@H](C(=O)NCc2cccc(Cl)c2F)NC[C@@H]1F. The third-order valence-electron chi connectivity index (χ3n) is 3.39. The first kappa shape index (κ1) is 16.9. The van der Waals surface area contributed by atoms with Gasteiger partial charge in [-0.05, 0) is 6.07 Å². The summed E-state index contributed by atoms with van der Waals surface area (Å²) in [6, 6.07) is 3.71. The zero-order chi connectivity index (χ0) is 16.1. The number of ether oxygens (including phenoxy) is 1. The monoisotopic (exact) mass is 330 g/mol. The molecule has 1 aliphatic heterocycles. The van der Waals surface area contributed by atoms with Crippen molar-refractivity contribution in [2.75, 3.05) is 13.2 Å². The second kappa shape index (κ2) is 7.67. The Hall–Kier alpha value is -1.50. The van der Waals surface area contributed by atoms with Gasteiger partial charge in [0.25, 0.3) is 0 Å². The third-order valence-corrected chi connectivity index (χ3v) is 3.68. The van der Waals surface area contributed by atoms with Crippen LogP contribution >= 0.6 is 11.6 Å². The molecule has 0 aromatic heterocycles. The van der Waals surface area contributed by atoms with Crippen LogP contribution in [0.3, 0.4) is 0 Å². The summed E-state index contributed by atoms with van der Waals surface area (Å²) in [7, 11) is 0. The van der Waals surface area contributed by atoms with Gasteiger partial charge in [0.2, 0.25) is 5.91 Å². The fourth-order valence-corrected chi connectivity index (χ4v) is 2.47. The molecule has 1 heterocycles. The van der Waals surface area contributed by atoms with Gasteiger partial charge in [-0.1, -0.05) is 29.8 Å². The predicted molar refractivity (Wildman–Crippen MR) is 79.9 cm³/mol. The van der Waals surface area contributed by atoms with E-state index in [1.807, 2.05) is 0 Å². The summed E-state index contributed by atoms with van der Waals surface area (Å²) in [4.78, 5) is 12.1. The second-order valence-electron chi connectivity index (χ2n) is 4.92. The van der Waals surface area contributed by atoms with E-state index in [2.05, 4.69) is 17.2 Å². The van der Waals surface area contributed by atoms with Crippen molar-refractivity contribution in [1.29, 1.82) is 0 Å². The average Bonchev–Trinajstić information content (AvgIpc) is 2.87. The average molecular weight is 331 g/mol. The summed E-state index contributed by atoms with van der Waals surface area (Å²) in [6.45, 7) is 3.64. The van der Waals surface area contributed by atoms with E-state index < -0.39 is 30.0 Å². The van der Waals surface area contributed by atoms with Gasteiger partial charge in [0.05, 0.1) is 11.6 Å². The lowest BCUT2D eigenvalue weighted by Gasteiger charge is -2.20. The lowest BCUT2D eigenvalue weighted by Crippen LogP contribution is -2.47. The van der Waals surface area contributed by atoms with Crippen LogP contribution in [-0.2, 0) is 16.1 Å². The molecular formula is C15H17ClF2N2O2. The van der Waals surface area contributed by atoms with E-state index in [-0.39, 0.29) is 30.3 Å². The molecule has 1 fully saturated rings. The predicted octanol–water partition coefficient (Wildman–Crippen LogP) is 1.98. The molecule has 22 heavy (non-hydrogen) atoms. The molecule has 1 amide bonds.